The summed E-state index contributed by atoms with van der Waals surface area (Å²) >= 11 is 0. The van der Waals surface area contributed by atoms with Crippen molar-refractivity contribution in [1.29, 1.82) is 0 Å². The van der Waals surface area contributed by atoms with E-state index < -0.39 is 11.9 Å². The van der Waals surface area contributed by atoms with Crippen molar-refractivity contribution < 1.29 is 19.8 Å². The Kier molecular flexibility index (Phi) is 8.73. The third-order valence-electron chi connectivity index (χ3n) is 3.87. The summed E-state index contributed by atoms with van der Waals surface area (Å²) in [5.41, 5.74) is 0.349. The molecule has 0 aliphatic rings. The van der Waals surface area contributed by atoms with Crippen molar-refractivity contribution in [2.45, 2.75) is 58.3 Å². The third-order valence-corrected chi connectivity index (χ3v) is 3.87. The molecule has 0 heterocycles. The molecule has 1 aromatic rings. The van der Waals surface area contributed by atoms with Crippen molar-refractivity contribution in [3.63, 3.8) is 0 Å². The molecule has 0 aliphatic carbocycles. The first kappa shape index (κ1) is 18.9. The van der Waals surface area contributed by atoms with Crippen LogP contribution in [0.3, 0.4) is 0 Å². The van der Waals surface area contributed by atoms with Crippen LogP contribution in [-0.2, 0) is 9.59 Å². The molecule has 0 atom stereocenters. The van der Waals surface area contributed by atoms with Crippen molar-refractivity contribution in [1.82, 2.24) is 0 Å². The van der Waals surface area contributed by atoms with Crippen molar-refractivity contribution in [2.75, 3.05) is 0 Å². The Balaban J connectivity index is 2.74. The fourth-order valence-corrected chi connectivity index (χ4v) is 2.63. The summed E-state index contributed by atoms with van der Waals surface area (Å²) in [5, 5.41) is 18.8. The molecule has 0 saturated carbocycles. The summed E-state index contributed by atoms with van der Waals surface area (Å²) in [6, 6.07) is 8.48. The van der Waals surface area contributed by atoms with Crippen LogP contribution in [-0.4, -0.2) is 22.2 Å². The van der Waals surface area contributed by atoms with E-state index in [1.54, 1.807) is 30.3 Å². The zero-order chi connectivity index (χ0) is 17.1. The van der Waals surface area contributed by atoms with Gasteiger partial charge in [0, 0.05) is 0 Å². The number of aliphatic carboxylic acids is 2. The summed E-state index contributed by atoms with van der Waals surface area (Å²) in [6.45, 7) is 2.17. The lowest BCUT2D eigenvalue weighted by Crippen LogP contribution is -2.11. The Hall–Kier alpha value is -2.10. The monoisotopic (exact) mass is 318 g/mol. The van der Waals surface area contributed by atoms with Crippen LogP contribution < -0.4 is 0 Å². The minimum absolute atomic E-state index is 0.00254. The maximum Gasteiger partial charge on any atom is 0.336 e. The van der Waals surface area contributed by atoms with Gasteiger partial charge in [-0.3, -0.25) is 0 Å². The summed E-state index contributed by atoms with van der Waals surface area (Å²) in [7, 11) is 0. The van der Waals surface area contributed by atoms with Gasteiger partial charge in [-0.2, -0.15) is 0 Å². The normalized spacial score (nSPS) is 11.9. The topological polar surface area (TPSA) is 74.6 Å². The highest BCUT2D eigenvalue weighted by molar-refractivity contribution is 6.21. The highest BCUT2D eigenvalue weighted by atomic mass is 16.4. The van der Waals surface area contributed by atoms with Gasteiger partial charge >= 0.3 is 11.9 Å². The Morgan fingerprint density at radius 3 is 1.91 bits per heavy atom. The quantitative estimate of drug-likeness (QED) is 0.456. The molecular formula is C19H26O4. The van der Waals surface area contributed by atoms with Crippen LogP contribution >= 0.6 is 0 Å². The first-order valence-corrected chi connectivity index (χ1v) is 8.33. The largest absolute Gasteiger partial charge is 0.478 e. The molecule has 1 rings (SSSR count). The van der Waals surface area contributed by atoms with Gasteiger partial charge in [0.1, 0.15) is 0 Å². The van der Waals surface area contributed by atoms with Crippen LogP contribution in [0.25, 0.3) is 5.57 Å². The van der Waals surface area contributed by atoms with Crippen LogP contribution in [0.1, 0.15) is 63.9 Å². The van der Waals surface area contributed by atoms with Gasteiger partial charge in [-0.05, 0) is 18.4 Å². The average molecular weight is 318 g/mol. The molecular weight excluding hydrogens is 292 g/mol. The molecule has 0 spiro atoms. The van der Waals surface area contributed by atoms with E-state index in [9.17, 15) is 19.8 Å². The molecule has 4 heteroatoms. The van der Waals surface area contributed by atoms with Gasteiger partial charge in [-0.15, -0.1) is 0 Å². The van der Waals surface area contributed by atoms with Gasteiger partial charge in [-0.25, -0.2) is 9.59 Å². The minimum Gasteiger partial charge on any atom is -0.478 e. The molecule has 4 nitrogen and oxygen atoms in total. The SMILES string of the molecule is CCCCCCCCC/C(C(=O)O)=C(/C(=O)O)c1ccccc1. The Morgan fingerprint density at radius 2 is 1.39 bits per heavy atom. The van der Waals surface area contributed by atoms with E-state index in [-0.39, 0.29) is 11.1 Å². The smallest absolute Gasteiger partial charge is 0.336 e. The van der Waals surface area contributed by atoms with Crippen molar-refractivity contribution in [2.24, 2.45) is 0 Å². The van der Waals surface area contributed by atoms with Crippen LogP contribution in [0.15, 0.2) is 35.9 Å². The number of rotatable bonds is 11. The highest BCUT2D eigenvalue weighted by Crippen LogP contribution is 2.24. The van der Waals surface area contributed by atoms with Crippen LogP contribution in [0.4, 0.5) is 0 Å². The molecule has 2 N–H and O–H groups in total. The lowest BCUT2D eigenvalue weighted by Gasteiger charge is -2.09. The molecule has 0 bridgehead atoms. The van der Waals surface area contributed by atoms with E-state index in [0.717, 1.165) is 19.3 Å². The second-order valence-corrected chi connectivity index (χ2v) is 5.70. The number of carboxylic acid groups (broad SMARTS) is 2. The molecule has 0 aliphatic heterocycles. The van der Waals surface area contributed by atoms with E-state index in [1.807, 2.05) is 0 Å². The van der Waals surface area contributed by atoms with Crippen LogP contribution in [0.2, 0.25) is 0 Å². The first-order chi connectivity index (χ1) is 11.1. The summed E-state index contributed by atoms with van der Waals surface area (Å²) in [6.07, 6.45) is 7.80. The number of benzene rings is 1. The van der Waals surface area contributed by atoms with Gasteiger partial charge in [0.15, 0.2) is 0 Å². The molecule has 0 radical (unpaired) electrons. The second-order valence-electron chi connectivity index (χ2n) is 5.70. The summed E-state index contributed by atoms with van der Waals surface area (Å²) < 4.78 is 0. The zero-order valence-corrected chi connectivity index (χ0v) is 13.8. The summed E-state index contributed by atoms with van der Waals surface area (Å²) in [5.74, 6) is -2.33. The molecule has 23 heavy (non-hydrogen) atoms. The van der Waals surface area contributed by atoms with E-state index in [0.29, 0.717) is 18.4 Å². The minimum atomic E-state index is -1.18. The van der Waals surface area contributed by atoms with Gasteiger partial charge in [0.2, 0.25) is 0 Å². The zero-order valence-electron chi connectivity index (χ0n) is 13.8. The molecule has 0 unspecified atom stereocenters. The van der Waals surface area contributed by atoms with Gasteiger partial charge in [-0.1, -0.05) is 75.8 Å². The van der Waals surface area contributed by atoms with Crippen molar-refractivity contribution in [3.8, 4) is 0 Å². The Bertz CT molecular complexity index is 532. The molecule has 0 aromatic heterocycles. The summed E-state index contributed by atoms with van der Waals surface area (Å²) in [4.78, 5) is 23.0. The third kappa shape index (κ3) is 6.68. The molecule has 0 fully saturated rings. The molecule has 0 amide bonds. The number of unbranched alkanes of at least 4 members (excludes halogenated alkanes) is 6. The molecule has 1 aromatic carbocycles. The van der Waals surface area contributed by atoms with Gasteiger partial charge < -0.3 is 10.2 Å². The lowest BCUT2D eigenvalue weighted by atomic mass is 9.95. The number of carboxylic acids is 2. The van der Waals surface area contributed by atoms with E-state index in [1.165, 1.54) is 19.3 Å². The lowest BCUT2D eigenvalue weighted by molar-refractivity contribution is -0.134. The number of carbonyl (C=O) groups is 2. The van der Waals surface area contributed by atoms with E-state index in [4.69, 9.17) is 0 Å². The molecule has 126 valence electrons. The predicted molar refractivity (Wildman–Crippen MR) is 91.2 cm³/mol. The maximum atomic E-state index is 11.5. The van der Waals surface area contributed by atoms with Gasteiger partial charge in [0.25, 0.3) is 0 Å². The van der Waals surface area contributed by atoms with Crippen molar-refractivity contribution in [3.05, 3.63) is 41.5 Å². The van der Waals surface area contributed by atoms with Crippen LogP contribution in [0.5, 0.6) is 0 Å². The fourth-order valence-electron chi connectivity index (χ4n) is 2.63. The number of hydrogen-bond acceptors (Lipinski definition) is 2. The second kappa shape index (κ2) is 10.6. The van der Waals surface area contributed by atoms with Gasteiger partial charge in [0.05, 0.1) is 11.1 Å². The Labute approximate surface area is 137 Å². The van der Waals surface area contributed by atoms with E-state index >= 15 is 0 Å². The average Bonchev–Trinajstić information content (AvgIpc) is 2.53. The molecule has 0 saturated heterocycles. The predicted octanol–water partition coefficient (Wildman–Crippen LogP) is 4.75. The fraction of sp³-hybridized carbons (Fsp3) is 0.474. The van der Waals surface area contributed by atoms with Crippen molar-refractivity contribution >= 4 is 17.5 Å². The first-order valence-electron chi connectivity index (χ1n) is 8.33. The van der Waals surface area contributed by atoms with Crippen LogP contribution in [0, 0.1) is 0 Å². The highest BCUT2D eigenvalue weighted by Gasteiger charge is 2.21. The maximum absolute atomic E-state index is 11.5. The Morgan fingerprint density at radius 1 is 0.826 bits per heavy atom. The number of hydrogen-bond donors (Lipinski definition) is 2. The standard InChI is InChI=1S/C19H26O4/c1-2-3-4-5-6-7-11-14-16(18(20)21)17(19(22)23)15-12-9-8-10-13-15/h8-10,12-13H,2-7,11,14H2,1H3,(H,20,21)(H,22,23)/b17-16-. The van der Waals surface area contributed by atoms with E-state index in [2.05, 4.69) is 6.92 Å².